The molecule has 3 rings (SSSR count). The number of rotatable bonds is 2. The molecule has 0 saturated carbocycles. The van der Waals surface area contributed by atoms with Crippen LogP contribution in [-0.2, 0) is 19.4 Å². The molecule has 2 N–H and O–H groups in total. The lowest BCUT2D eigenvalue weighted by atomic mass is 10.1. The molecule has 94 valence electrons. The van der Waals surface area contributed by atoms with Crippen molar-refractivity contribution in [2.24, 2.45) is 5.73 Å². The van der Waals surface area contributed by atoms with Crippen molar-refractivity contribution in [3.63, 3.8) is 0 Å². The van der Waals surface area contributed by atoms with Gasteiger partial charge in [-0.25, -0.2) is 9.97 Å². The molecule has 1 aliphatic carbocycles. The Morgan fingerprint density at radius 1 is 1.28 bits per heavy atom. The normalized spacial score (nSPS) is 13.9. The van der Waals surface area contributed by atoms with Crippen molar-refractivity contribution >= 4 is 0 Å². The Labute approximate surface area is 106 Å². The van der Waals surface area contributed by atoms with Gasteiger partial charge in [0.05, 0.1) is 0 Å². The van der Waals surface area contributed by atoms with Gasteiger partial charge in [0, 0.05) is 17.8 Å². The number of pyridine rings is 1. The third kappa shape index (κ3) is 1.71. The fourth-order valence-corrected chi connectivity index (χ4v) is 2.56. The first kappa shape index (κ1) is 11.3. The highest BCUT2D eigenvalue weighted by atomic mass is 15.4. The molecule has 2 heterocycles. The van der Waals surface area contributed by atoms with Gasteiger partial charge in [0.15, 0.2) is 5.82 Å². The molecule has 18 heavy (non-hydrogen) atoms. The van der Waals surface area contributed by atoms with E-state index in [1.165, 1.54) is 17.7 Å². The zero-order valence-corrected chi connectivity index (χ0v) is 10.8. The first-order chi connectivity index (χ1) is 8.69. The summed E-state index contributed by atoms with van der Waals surface area (Å²) in [5.74, 6) is 2.46. The van der Waals surface area contributed by atoms with Gasteiger partial charge in [0.25, 0.3) is 0 Å². The van der Waals surface area contributed by atoms with Crippen molar-refractivity contribution in [2.45, 2.75) is 39.7 Å². The zero-order chi connectivity index (χ0) is 12.7. The lowest BCUT2D eigenvalue weighted by Crippen LogP contribution is -2.11. The number of aromatic nitrogens is 4. The molecule has 0 bridgehead atoms. The zero-order valence-electron chi connectivity index (χ0n) is 10.8. The molecule has 0 saturated heterocycles. The van der Waals surface area contributed by atoms with E-state index < -0.39 is 0 Å². The standard InChI is InChI=1S/C13H17N5/c1-8-15-9(2)18(17-8)13-11(7-14)6-10-4-3-5-12(10)16-13/h6H,3-5,7,14H2,1-2H3. The second-order valence-corrected chi connectivity index (χ2v) is 4.75. The Morgan fingerprint density at radius 2 is 2.11 bits per heavy atom. The summed E-state index contributed by atoms with van der Waals surface area (Å²) in [7, 11) is 0. The van der Waals surface area contributed by atoms with Crippen LogP contribution >= 0.6 is 0 Å². The second-order valence-electron chi connectivity index (χ2n) is 4.75. The van der Waals surface area contributed by atoms with E-state index in [9.17, 15) is 0 Å². The molecule has 0 amide bonds. The van der Waals surface area contributed by atoms with Crippen molar-refractivity contribution < 1.29 is 0 Å². The van der Waals surface area contributed by atoms with Gasteiger partial charge >= 0.3 is 0 Å². The van der Waals surface area contributed by atoms with E-state index in [-0.39, 0.29) is 0 Å². The third-order valence-electron chi connectivity index (χ3n) is 3.40. The van der Waals surface area contributed by atoms with E-state index in [0.717, 1.165) is 35.9 Å². The first-order valence-electron chi connectivity index (χ1n) is 6.31. The van der Waals surface area contributed by atoms with Crippen LogP contribution < -0.4 is 5.73 Å². The lowest BCUT2D eigenvalue weighted by Gasteiger charge is -2.10. The number of hydrogen-bond acceptors (Lipinski definition) is 4. The molecule has 5 heteroatoms. The number of nitrogens with two attached hydrogens (primary N) is 1. The predicted octanol–water partition coefficient (Wildman–Crippen LogP) is 1.23. The van der Waals surface area contributed by atoms with Gasteiger partial charge in [-0.2, -0.15) is 4.68 Å². The second kappa shape index (κ2) is 4.17. The Kier molecular flexibility index (Phi) is 2.63. The Bertz CT molecular complexity index is 600. The molecular weight excluding hydrogens is 226 g/mol. The monoisotopic (exact) mass is 243 g/mol. The minimum atomic E-state index is 0.480. The van der Waals surface area contributed by atoms with E-state index in [0.29, 0.717) is 6.54 Å². The fourth-order valence-electron chi connectivity index (χ4n) is 2.56. The van der Waals surface area contributed by atoms with E-state index >= 15 is 0 Å². The average molecular weight is 243 g/mol. The van der Waals surface area contributed by atoms with Gasteiger partial charge in [-0.1, -0.05) is 0 Å². The molecular formula is C13H17N5. The number of aryl methyl sites for hydroxylation is 4. The molecule has 0 aromatic carbocycles. The van der Waals surface area contributed by atoms with Crippen molar-refractivity contribution in [3.8, 4) is 5.82 Å². The predicted molar refractivity (Wildman–Crippen MR) is 68.5 cm³/mol. The smallest absolute Gasteiger partial charge is 0.160 e. The number of fused-ring (bicyclic) bond motifs is 1. The fraction of sp³-hybridized carbons (Fsp3) is 0.462. The maximum Gasteiger partial charge on any atom is 0.160 e. The highest BCUT2D eigenvalue weighted by Gasteiger charge is 2.18. The molecule has 5 nitrogen and oxygen atoms in total. The summed E-state index contributed by atoms with van der Waals surface area (Å²) in [4.78, 5) is 9.08. The molecule has 2 aromatic heterocycles. The van der Waals surface area contributed by atoms with E-state index in [1.54, 1.807) is 4.68 Å². The molecule has 0 spiro atoms. The Hall–Kier alpha value is -1.75. The van der Waals surface area contributed by atoms with Crippen LogP contribution in [0.4, 0.5) is 0 Å². The van der Waals surface area contributed by atoms with Crippen LogP contribution in [0.3, 0.4) is 0 Å². The van der Waals surface area contributed by atoms with Crippen LogP contribution in [0.25, 0.3) is 5.82 Å². The highest BCUT2D eigenvalue weighted by molar-refractivity contribution is 5.41. The third-order valence-corrected chi connectivity index (χ3v) is 3.40. The van der Waals surface area contributed by atoms with Crippen LogP contribution in [0.1, 0.15) is 34.9 Å². The summed E-state index contributed by atoms with van der Waals surface area (Å²) < 4.78 is 1.80. The summed E-state index contributed by atoms with van der Waals surface area (Å²) in [5.41, 5.74) is 9.41. The van der Waals surface area contributed by atoms with Gasteiger partial charge in [0.1, 0.15) is 11.6 Å². The minimum Gasteiger partial charge on any atom is -0.326 e. The van der Waals surface area contributed by atoms with E-state index in [2.05, 4.69) is 16.1 Å². The van der Waals surface area contributed by atoms with Crippen molar-refractivity contribution in [1.29, 1.82) is 0 Å². The maximum atomic E-state index is 5.84. The van der Waals surface area contributed by atoms with Crippen LogP contribution in [0.5, 0.6) is 0 Å². The van der Waals surface area contributed by atoms with Gasteiger partial charge in [-0.15, -0.1) is 5.10 Å². The topological polar surface area (TPSA) is 69.6 Å². The highest BCUT2D eigenvalue weighted by Crippen LogP contribution is 2.24. The molecule has 0 atom stereocenters. The van der Waals surface area contributed by atoms with Gasteiger partial charge in [-0.05, 0) is 44.7 Å². The maximum absolute atomic E-state index is 5.84. The molecule has 1 aliphatic rings. The van der Waals surface area contributed by atoms with Crippen molar-refractivity contribution in [3.05, 3.63) is 34.5 Å². The van der Waals surface area contributed by atoms with Gasteiger partial charge in [-0.3, -0.25) is 0 Å². The SMILES string of the molecule is Cc1nc(C)n(-c2nc3c(cc2CN)CCC3)n1. The summed E-state index contributed by atoms with van der Waals surface area (Å²) in [6.07, 6.45) is 3.36. The van der Waals surface area contributed by atoms with E-state index in [1.807, 2.05) is 13.8 Å². The quantitative estimate of drug-likeness (QED) is 0.861. The largest absolute Gasteiger partial charge is 0.326 e. The first-order valence-corrected chi connectivity index (χ1v) is 6.31. The lowest BCUT2D eigenvalue weighted by molar-refractivity contribution is 0.777. The molecule has 0 radical (unpaired) electrons. The average Bonchev–Trinajstić information content (AvgIpc) is 2.93. The van der Waals surface area contributed by atoms with Crippen LogP contribution in [0.15, 0.2) is 6.07 Å². The Morgan fingerprint density at radius 3 is 2.78 bits per heavy atom. The summed E-state index contributed by atoms with van der Waals surface area (Å²) >= 11 is 0. The molecule has 2 aromatic rings. The van der Waals surface area contributed by atoms with Crippen molar-refractivity contribution in [2.75, 3.05) is 0 Å². The van der Waals surface area contributed by atoms with Gasteiger partial charge in [0.2, 0.25) is 0 Å². The summed E-state index contributed by atoms with van der Waals surface area (Å²) in [6, 6.07) is 2.18. The Balaban J connectivity index is 2.19. The molecule has 0 aliphatic heterocycles. The van der Waals surface area contributed by atoms with Crippen LogP contribution in [0, 0.1) is 13.8 Å². The van der Waals surface area contributed by atoms with E-state index in [4.69, 9.17) is 10.7 Å². The minimum absolute atomic E-state index is 0.480. The van der Waals surface area contributed by atoms with Crippen LogP contribution in [0.2, 0.25) is 0 Å². The summed E-state index contributed by atoms with van der Waals surface area (Å²) in [6.45, 7) is 4.31. The molecule has 0 fully saturated rings. The number of nitrogens with zero attached hydrogens (tertiary/aromatic N) is 4. The summed E-state index contributed by atoms with van der Waals surface area (Å²) in [5, 5.41) is 4.40. The van der Waals surface area contributed by atoms with Crippen LogP contribution in [-0.4, -0.2) is 19.7 Å². The van der Waals surface area contributed by atoms with Crippen molar-refractivity contribution in [1.82, 2.24) is 19.7 Å². The molecule has 0 unspecified atom stereocenters. The number of hydrogen-bond donors (Lipinski definition) is 1. The van der Waals surface area contributed by atoms with Gasteiger partial charge < -0.3 is 5.73 Å².